The molecule has 7 nitrogen and oxygen atoms in total. The number of anilines is 2. The van der Waals surface area contributed by atoms with Crippen molar-refractivity contribution in [2.45, 2.75) is 6.54 Å². The van der Waals surface area contributed by atoms with Crippen molar-refractivity contribution in [1.82, 2.24) is 24.3 Å². The van der Waals surface area contributed by atoms with E-state index in [0.29, 0.717) is 0 Å². The van der Waals surface area contributed by atoms with E-state index in [1.165, 1.54) is 0 Å². The van der Waals surface area contributed by atoms with Crippen molar-refractivity contribution in [3.8, 4) is 11.3 Å². The minimum absolute atomic E-state index is 0.730. The number of imidazole rings is 1. The van der Waals surface area contributed by atoms with E-state index >= 15 is 0 Å². The first-order chi connectivity index (χ1) is 14.3. The highest BCUT2D eigenvalue weighted by atomic mass is 15.3. The molecular weight excluding hydrogens is 362 g/mol. The molecule has 5 heterocycles. The van der Waals surface area contributed by atoms with Gasteiger partial charge in [0, 0.05) is 68.8 Å². The smallest absolute Gasteiger partial charge is 0.137 e. The Morgan fingerprint density at radius 3 is 2.59 bits per heavy atom. The molecule has 0 amide bonds. The molecule has 5 rings (SSSR count). The minimum Gasteiger partial charge on any atom is -0.398 e. The van der Waals surface area contributed by atoms with Crippen LogP contribution in [0.15, 0.2) is 67.3 Å². The van der Waals surface area contributed by atoms with Crippen LogP contribution in [0, 0.1) is 0 Å². The highest BCUT2D eigenvalue weighted by Gasteiger charge is 2.22. The summed E-state index contributed by atoms with van der Waals surface area (Å²) in [5.41, 5.74) is 10.8. The number of hydrogen-bond acceptors (Lipinski definition) is 6. The van der Waals surface area contributed by atoms with E-state index in [2.05, 4.69) is 36.3 Å². The molecule has 0 spiro atoms. The van der Waals surface area contributed by atoms with Crippen LogP contribution in [-0.4, -0.2) is 50.4 Å². The summed E-state index contributed by atoms with van der Waals surface area (Å²) in [6, 6.07) is 13.9. The lowest BCUT2D eigenvalue weighted by molar-refractivity contribution is 0.246. The quantitative estimate of drug-likeness (QED) is 0.582. The third-order valence-electron chi connectivity index (χ3n) is 5.39. The fourth-order valence-electron chi connectivity index (χ4n) is 3.88. The van der Waals surface area contributed by atoms with Gasteiger partial charge < -0.3 is 15.0 Å². The molecule has 0 radical (unpaired) electrons. The average Bonchev–Trinajstić information content (AvgIpc) is 3.13. The molecule has 1 aliphatic rings. The van der Waals surface area contributed by atoms with E-state index < -0.39 is 0 Å². The van der Waals surface area contributed by atoms with Crippen molar-refractivity contribution < 1.29 is 0 Å². The second-order valence-corrected chi connectivity index (χ2v) is 7.29. The third kappa shape index (κ3) is 3.52. The number of piperazine rings is 1. The predicted molar refractivity (Wildman–Crippen MR) is 115 cm³/mol. The van der Waals surface area contributed by atoms with Crippen LogP contribution in [0.2, 0.25) is 0 Å². The average molecular weight is 385 g/mol. The summed E-state index contributed by atoms with van der Waals surface area (Å²) in [5, 5.41) is 0. The van der Waals surface area contributed by atoms with Crippen molar-refractivity contribution in [2.24, 2.45) is 0 Å². The molecule has 4 aromatic heterocycles. The third-order valence-corrected chi connectivity index (χ3v) is 5.39. The Morgan fingerprint density at radius 2 is 1.83 bits per heavy atom. The van der Waals surface area contributed by atoms with E-state index in [9.17, 15) is 0 Å². The van der Waals surface area contributed by atoms with Crippen molar-refractivity contribution >= 4 is 17.2 Å². The van der Waals surface area contributed by atoms with Crippen LogP contribution >= 0.6 is 0 Å². The molecule has 0 aromatic carbocycles. The number of aromatic nitrogens is 4. The minimum atomic E-state index is 0.730. The fraction of sp³-hybridized carbons (Fsp3) is 0.227. The van der Waals surface area contributed by atoms with Gasteiger partial charge in [0.25, 0.3) is 0 Å². The molecule has 4 aromatic rings. The lowest BCUT2D eigenvalue weighted by Crippen LogP contribution is -2.46. The molecule has 7 heteroatoms. The zero-order valence-electron chi connectivity index (χ0n) is 16.1. The molecule has 0 saturated carbocycles. The van der Waals surface area contributed by atoms with Crippen LogP contribution in [-0.2, 0) is 6.54 Å². The zero-order valence-corrected chi connectivity index (χ0v) is 16.1. The molecule has 2 N–H and O–H groups in total. The van der Waals surface area contributed by atoms with Gasteiger partial charge in [-0.3, -0.25) is 9.88 Å². The summed E-state index contributed by atoms with van der Waals surface area (Å²) < 4.78 is 2.11. The van der Waals surface area contributed by atoms with Gasteiger partial charge in [0.15, 0.2) is 0 Å². The number of nitrogens with zero attached hydrogens (tertiary/aromatic N) is 6. The zero-order chi connectivity index (χ0) is 19.6. The Labute approximate surface area is 169 Å². The summed E-state index contributed by atoms with van der Waals surface area (Å²) in [5.74, 6) is 1.05. The first kappa shape index (κ1) is 17.6. The normalized spacial score (nSPS) is 15.1. The van der Waals surface area contributed by atoms with Gasteiger partial charge in [0.2, 0.25) is 0 Å². The topological polar surface area (TPSA) is 75.6 Å². The van der Waals surface area contributed by atoms with Gasteiger partial charge in [0.05, 0.1) is 11.4 Å². The van der Waals surface area contributed by atoms with Crippen LogP contribution in [0.5, 0.6) is 0 Å². The highest BCUT2D eigenvalue weighted by molar-refractivity contribution is 5.66. The number of nitrogen functional groups attached to an aromatic ring is 1. The molecule has 0 bridgehead atoms. The maximum Gasteiger partial charge on any atom is 0.137 e. The van der Waals surface area contributed by atoms with E-state index in [1.807, 2.05) is 48.9 Å². The van der Waals surface area contributed by atoms with Gasteiger partial charge in [-0.05, 0) is 36.4 Å². The molecule has 1 aliphatic heterocycles. The number of pyridine rings is 3. The molecule has 29 heavy (non-hydrogen) atoms. The van der Waals surface area contributed by atoms with E-state index in [-0.39, 0.29) is 0 Å². The first-order valence-electron chi connectivity index (χ1n) is 9.83. The molecule has 0 unspecified atom stereocenters. The van der Waals surface area contributed by atoms with Gasteiger partial charge >= 0.3 is 0 Å². The summed E-state index contributed by atoms with van der Waals surface area (Å²) in [6.07, 6.45) is 7.47. The Morgan fingerprint density at radius 1 is 0.931 bits per heavy atom. The van der Waals surface area contributed by atoms with Crippen molar-refractivity contribution in [2.75, 3.05) is 36.8 Å². The lowest BCUT2D eigenvalue weighted by atomic mass is 10.1. The van der Waals surface area contributed by atoms with E-state index in [4.69, 9.17) is 10.7 Å². The molecule has 0 aliphatic carbocycles. The Bertz CT molecular complexity index is 1100. The monoisotopic (exact) mass is 385 g/mol. The number of hydrogen-bond donors (Lipinski definition) is 1. The van der Waals surface area contributed by atoms with Gasteiger partial charge in [-0.2, -0.15) is 0 Å². The lowest BCUT2D eigenvalue weighted by Gasteiger charge is -2.35. The van der Waals surface area contributed by atoms with Gasteiger partial charge in [-0.25, -0.2) is 9.97 Å². The first-order valence-corrected chi connectivity index (χ1v) is 9.83. The summed E-state index contributed by atoms with van der Waals surface area (Å²) in [7, 11) is 0. The van der Waals surface area contributed by atoms with Crippen LogP contribution in [0.25, 0.3) is 16.9 Å². The van der Waals surface area contributed by atoms with E-state index in [0.717, 1.165) is 66.8 Å². The largest absolute Gasteiger partial charge is 0.398 e. The second kappa shape index (κ2) is 7.52. The molecule has 146 valence electrons. The summed E-state index contributed by atoms with van der Waals surface area (Å²) in [4.78, 5) is 18.4. The second-order valence-electron chi connectivity index (χ2n) is 7.29. The Kier molecular flexibility index (Phi) is 4.57. The van der Waals surface area contributed by atoms with E-state index in [1.54, 1.807) is 6.20 Å². The maximum atomic E-state index is 6.07. The number of fused-ring (bicyclic) bond motifs is 1. The van der Waals surface area contributed by atoms with Crippen molar-refractivity contribution in [3.63, 3.8) is 0 Å². The highest BCUT2D eigenvalue weighted by Crippen LogP contribution is 2.26. The van der Waals surface area contributed by atoms with Crippen LogP contribution in [0.4, 0.5) is 11.5 Å². The standard InChI is InChI=1S/C22H23N7/c23-18-6-7-21-26-22(17-4-3-8-24-14-17)19(29(21)15-18)16-27-10-12-28(13-11-27)20-5-1-2-9-25-20/h1-9,14-15H,10-13,16,23H2. The molecular formula is C22H23N7. The van der Waals surface area contributed by atoms with Gasteiger partial charge in [0.1, 0.15) is 11.5 Å². The number of nitrogens with two attached hydrogens (primary N) is 1. The van der Waals surface area contributed by atoms with Gasteiger partial charge in [-0.1, -0.05) is 6.07 Å². The summed E-state index contributed by atoms with van der Waals surface area (Å²) in [6.45, 7) is 4.67. The van der Waals surface area contributed by atoms with Crippen LogP contribution in [0.3, 0.4) is 0 Å². The Balaban J connectivity index is 1.42. The Hall–Kier alpha value is -3.45. The van der Waals surface area contributed by atoms with Crippen molar-refractivity contribution in [1.29, 1.82) is 0 Å². The van der Waals surface area contributed by atoms with Crippen molar-refractivity contribution in [3.05, 3.63) is 72.9 Å². The summed E-state index contributed by atoms with van der Waals surface area (Å²) >= 11 is 0. The van der Waals surface area contributed by atoms with Gasteiger partial charge in [-0.15, -0.1) is 0 Å². The fourth-order valence-corrected chi connectivity index (χ4v) is 3.88. The van der Waals surface area contributed by atoms with Crippen LogP contribution in [0.1, 0.15) is 5.69 Å². The molecule has 1 fully saturated rings. The SMILES string of the molecule is Nc1ccc2nc(-c3cccnc3)c(CN3CCN(c4ccccn4)CC3)n2c1. The van der Waals surface area contributed by atoms with Crippen LogP contribution < -0.4 is 10.6 Å². The molecule has 0 atom stereocenters. The predicted octanol–water partition coefficient (Wildman–Crippen LogP) is 2.70. The maximum absolute atomic E-state index is 6.07. The number of rotatable bonds is 4. The molecule has 1 saturated heterocycles.